The van der Waals surface area contributed by atoms with Crippen molar-refractivity contribution in [1.29, 1.82) is 0 Å². The summed E-state index contributed by atoms with van der Waals surface area (Å²) in [5, 5.41) is 3.84. The number of likely N-dealkylation sites (tertiary alicyclic amines) is 1. The number of hydrogen-bond acceptors (Lipinski definition) is 6. The molecule has 2 amide bonds. The number of carbonyl (C=O) groups is 2. The zero-order valence-corrected chi connectivity index (χ0v) is 20.4. The van der Waals surface area contributed by atoms with Crippen molar-refractivity contribution in [3.63, 3.8) is 0 Å². The Balaban J connectivity index is 1.36. The SMILES string of the molecule is COc1cc(C(=O)N2CCC3(CC2)NC(=O)c2cc(C(C)C)ccc2O3)nc2c(OC)cccc12. The van der Waals surface area contributed by atoms with Crippen LogP contribution in [0.4, 0.5) is 0 Å². The van der Waals surface area contributed by atoms with E-state index < -0.39 is 5.72 Å². The fourth-order valence-electron chi connectivity index (χ4n) is 4.78. The standard InChI is InChI=1S/C27H29N3O5/c1-16(2)17-8-9-21-19(14-17)25(31)29-27(35-21)10-12-30(13-11-27)26(32)20-15-23(34-4)18-6-5-7-22(33-3)24(18)28-20/h5-9,14-16H,10-13H2,1-4H3,(H,29,31). The van der Waals surface area contributed by atoms with Crippen molar-refractivity contribution in [3.05, 3.63) is 59.3 Å². The Morgan fingerprint density at radius 1 is 1.09 bits per heavy atom. The number of methoxy groups -OCH3 is 2. The van der Waals surface area contributed by atoms with E-state index in [2.05, 4.69) is 24.1 Å². The van der Waals surface area contributed by atoms with Gasteiger partial charge in [0.15, 0.2) is 5.72 Å². The Labute approximate surface area is 204 Å². The highest BCUT2D eigenvalue weighted by molar-refractivity contribution is 5.99. The van der Waals surface area contributed by atoms with E-state index in [-0.39, 0.29) is 17.5 Å². The Hall–Kier alpha value is -3.81. The third-order valence-corrected chi connectivity index (χ3v) is 6.84. The molecule has 3 heterocycles. The molecule has 1 saturated heterocycles. The molecule has 0 unspecified atom stereocenters. The summed E-state index contributed by atoms with van der Waals surface area (Å²) < 4.78 is 17.3. The number of nitrogens with one attached hydrogen (secondary N) is 1. The van der Waals surface area contributed by atoms with Gasteiger partial charge in [0.2, 0.25) is 0 Å². The maximum atomic E-state index is 13.4. The second kappa shape index (κ2) is 8.76. The Bertz CT molecular complexity index is 1310. The van der Waals surface area contributed by atoms with Gasteiger partial charge in [0.1, 0.15) is 28.5 Å². The average Bonchev–Trinajstić information content (AvgIpc) is 2.87. The first-order valence-electron chi connectivity index (χ1n) is 11.8. The van der Waals surface area contributed by atoms with Crippen LogP contribution in [0.5, 0.6) is 17.2 Å². The molecule has 1 N–H and O–H groups in total. The van der Waals surface area contributed by atoms with Gasteiger partial charge in [-0.3, -0.25) is 9.59 Å². The second-order valence-corrected chi connectivity index (χ2v) is 9.32. The summed E-state index contributed by atoms with van der Waals surface area (Å²) in [6, 6.07) is 13.0. The summed E-state index contributed by atoms with van der Waals surface area (Å²) in [6.07, 6.45) is 0.952. The van der Waals surface area contributed by atoms with Crippen LogP contribution < -0.4 is 19.5 Å². The molecule has 2 aromatic carbocycles. The first kappa shape index (κ1) is 23.0. The number of amides is 2. The lowest BCUT2D eigenvalue weighted by molar-refractivity contribution is -0.0246. The van der Waals surface area contributed by atoms with Crippen LogP contribution in [0.2, 0.25) is 0 Å². The Morgan fingerprint density at radius 3 is 2.51 bits per heavy atom. The monoisotopic (exact) mass is 475 g/mol. The van der Waals surface area contributed by atoms with Gasteiger partial charge in [0.25, 0.3) is 11.8 Å². The van der Waals surface area contributed by atoms with Crippen LogP contribution in [0.1, 0.15) is 59.0 Å². The minimum absolute atomic E-state index is 0.137. The maximum absolute atomic E-state index is 13.4. The molecule has 3 aromatic rings. The van der Waals surface area contributed by atoms with E-state index >= 15 is 0 Å². The number of carbonyl (C=O) groups excluding carboxylic acids is 2. The highest BCUT2D eigenvalue weighted by Crippen LogP contribution is 2.36. The molecule has 1 fully saturated rings. The summed E-state index contributed by atoms with van der Waals surface area (Å²) >= 11 is 0. The molecular formula is C27H29N3O5. The molecule has 0 aliphatic carbocycles. The van der Waals surface area contributed by atoms with Gasteiger partial charge in [-0.05, 0) is 35.7 Å². The van der Waals surface area contributed by atoms with Gasteiger partial charge < -0.3 is 24.4 Å². The summed E-state index contributed by atoms with van der Waals surface area (Å²) in [7, 11) is 3.14. The van der Waals surface area contributed by atoms with Gasteiger partial charge in [-0.1, -0.05) is 26.0 Å². The molecule has 0 bridgehead atoms. The van der Waals surface area contributed by atoms with Gasteiger partial charge in [0.05, 0.1) is 19.8 Å². The normalized spacial score (nSPS) is 16.6. The summed E-state index contributed by atoms with van der Waals surface area (Å²) in [4.78, 5) is 32.6. The van der Waals surface area contributed by atoms with E-state index in [1.165, 1.54) is 0 Å². The van der Waals surface area contributed by atoms with Gasteiger partial charge in [-0.25, -0.2) is 4.98 Å². The smallest absolute Gasteiger partial charge is 0.272 e. The molecule has 2 aliphatic rings. The van der Waals surface area contributed by atoms with Crippen LogP contribution in [-0.4, -0.2) is 54.7 Å². The fourth-order valence-corrected chi connectivity index (χ4v) is 4.78. The third kappa shape index (κ3) is 4.03. The van der Waals surface area contributed by atoms with E-state index in [9.17, 15) is 9.59 Å². The summed E-state index contributed by atoms with van der Waals surface area (Å²) in [6.45, 7) is 5.03. The Morgan fingerprint density at radius 2 is 1.83 bits per heavy atom. The minimum atomic E-state index is -0.821. The van der Waals surface area contributed by atoms with E-state index in [0.29, 0.717) is 60.2 Å². The van der Waals surface area contributed by atoms with Crippen molar-refractivity contribution in [2.75, 3.05) is 27.3 Å². The van der Waals surface area contributed by atoms with Gasteiger partial charge in [-0.2, -0.15) is 0 Å². The number of aromatic nitrogens is 1. The van der Waals surface area contributed by atoms with Crippen LogP contribution in [0, 0.1) is 0 Å². The molecule has 35 heavy (non-hydrogen) atoms. The lowest BCUT2D eigenvalue weighted by atomic mass is 9.94. The van der Waals surface area contributed by atoms with E-state index in [1.807, 2.05) is 30.3 Å². The van der Waals surface area contributed by atoms with Crippen molar-refractivity contribution in [3.8, 4) is 17.2 Å². The molecule has 5 rings (SSSR count). The second-order valence-electron chi connectivity index (χ2n) is 9.32. The van der Waals surface area contributed by atoms with E-state index in [4.69, 9.17) is 14.2 Å². The maximum Gasteiger partial charge on any atom is 0.272 e. The predicted molar refractivity (Wildman–Crippen MR) is 131 cm³/mol. The minimum Gasteiger partial charge on any atom is -0.496 e. The first-order chi connectivity index (χ1) is 16.8. The molecule has 2 aliphatic heterocycles. The highest BCUT2D eigenvalue weighted by atomic mass is 16.5. The lowest BCUT2D eigenvalue weighted by Crippen LogP contribution is -2.61. The summed E-state index contributed by atoms with van der Waals surface area (Å²) in [5.41, 5.74) is 1.69. The number of pyridine rings is 1. The number of nitrogens with zero attached hydrogens (tertiary/aromatic N) is 2. The zero-order chi connectivity index (χ0) is 24.7. The van der Waals surface area contributed by atoms with Gasteiger partial charge >= 0.3 is 0 Å². The van der Waals surface area contributed by atoms with Crippen LogP contribution in [0.25, 0.3) is 10.9 Å². The number of benzene rings is 2. The highest BCUT2D eigenvalue weighted by Gasteiger charge is 2.43. The first-order valence-corrected chi connectivity index (χ1v) is 11.8. The molecular weight excluding hydrogens is 446 g/mol. The molecule has 0 atom stereocenters. The molecule has 182 valence electrons. The quantitative estimate of drug-likeness (QED) is 0.610. The number of fused-ring (bicyclic) bond motifs is 2. The molecule has 0 saturated carbocycles. The topological polar surface area (TPSA) is 90.0 Å². The van der Waals surface area contributed by atoms with Crippen molar-refractivity contribution in [2.45, 2.75) is 38.3 Å². The van der Waals surface area contributed by atoms with Crippen LogP contribution >= 0.6 is 0 Å². The largest absolute Gasteiger partial charge is 0.496 e. The zero-order valence-electron chi connectivity index (χ0n) is 20.4. The average molecular weight is 476 g/mol. The van der Waals surface area contributed by atoms with Gasteiger partial charge in [-0.15, -0.1) is 0 Å². The molecule has 1 aromatic heterocycles. The molecule has 1 spiro atoms. The van der Waals surface area contributed by atoms with Crippen LogP contribution in [0.15, 0.2) is 42.5 Å². The number of para-hydroxylation sites is 1. The van der Waals surface area contributed by atoms with Crippen molar-refractivity contribution < 1.29 is 23.8 Å². The molecule has 0 radical (unpaired) electrons. The molecule has 8 nitrogen and oxygen atoms in total. The third-order valence-electron chi connectivity index (χ3n) is 6.84. The Kier molecular flexibility index (Phi) is 5.75. The molecule has 8 heteroatoms. The van der Waals surface area contributed by atoms with E-state index in [0.717, 1.165) is 10.9 Å². The summed E-state index contributed by atoms with van der Waals surface area (Å²) in [5.74, 6) is 1.71. The number of ether oxygens (including phenoxy) is 3. The van der Waals surface area contributed by atoms with Crippen LogP contribution in [-0.2, 0) is 0 Å². The number of hydrogen-bond donors (Lipinski definition) is 1. The van der Waals surface area contributed by atoms with Crippen molar-refractivity contribution in [1.82, 2.24) is 15.2 Å². The van der Waals surface area contributed by atoms with Crippen molar-refractivity contribution in [2.24, 2.45) is 0 Å². The fraction of sp³-hybridized carbons (Fsp3) is 0.370. The lowest BCUT2D eigenvalue weighted by Gasteiger charge is -2.44. The predicted octanol–water partition coefficient (Wildman–Crippen LogP) is 4.13. The van der Waals surface area contributed by atoms with Crippen molar-refractivity contribution >= 4 is 22.7 Å². The number of rotatable bonds is 4. The van der Waals surface area contributed by atoms with Crippen LogP contribution in [0.3, 0.4) is 0 Å². The number of piperidine rings is 1. The van der Waals surface area contributed by atoms with E-state index in [1.54, 1.807) is 31.3 Å². The van der Waals surface area contributed by atoms with Gasteiger partial charge in [0, 0.05) is 37.4 Å².